The number of benzene rings is 1. The molecule has 1 aliphatic heterocycles. The molecule has 1 aliphatic rings. The van der Waals surface area contributed by atoms with E-state index >= 15 is 0 Å². The summed E-state index contributed by atoms with van der Waals surface area (Å²) in [5, 5.41) is 5.96. The van der Waals surface area contributed by atoms with Crippen molar-refractivity contribution >= 4 is 27.5 Å². The molecule has 2 N–H and O–H groups in total. The van der Waals surface area contributed by atoms with E-state index < -0.39 is 0 Å². The third kappa shape index (κ3) is 3.51. The summed E-state index contributed by atoms with van der Waals surface area (Å²) >= 11 is 3.27. The number of anilines is 1. The largest absolute Gasteiger partial charge is 0.325 e. The molecule has 1 heterocycles. The molecule has 1 saturated heterocycles. The molecule has 0 saturated carbocycles. The van der Waals surface area contributed by atoms with Gasteiger partial charge in [0.05, 0.1) is 5.69 Å². The fourth-order valence-electron chi connectivity index (χ4n) is 1.95. The van der Waals surface area contributed by atoms with Crippen LogP contribution in [0.15, 0.2) is 22.7 Å². The van der Waals surface area contributed by atoms with E-state index in [0.29, 0.717) is 16.6 Å². The van der Waals surface area contributed by atoms with E-state index in [1.54, 1.807) is 6.07 Å². The Morgan fingerprint density at radius 2 is 2.41 bits per heavy atom. The average molecular weight is 301 g/mol. The van der Waals surface area contributed by atoms with Crippen LogP contribution >= 0.6 is 15.9 Å². The molecular formula is C12H14BrFN2O. The Labute approximate surface area is 108 Å². The second-order valence-corrected chi connectivity index (χ2v) is 5.02. The molecular weight excluding hydrogens is 287 g/mol. The molecule has 2 rings (SSSR count). The van der Waals surface area contributed by atoms with Crippen molar-refractivity contribution in [2.75, 3.05) is 11.9 Å². The van der Waals surface area contributed by atoms with Crippen LogP contribution in [0.2, 0.25) is 0 Å². The van der Waals surface area contributed by atoms with Gasteiger partial charge in [0.15, 0.2) is 0 Å². The van der Waals surface area contributed by atoms with Crippen LogP contribution in [-0.2, 0) is 4.79 Å². The first-order valence-corrected chi connectivity index (χ1v) is 6.43. The number of hydrogen-bond acceptors (Lipinski definition) is 2. The van der Waals surface area contributed by atoms with E-state index in [1.165, 1.54) is 12.1 Å². The van der Waals surface area contributed by atoms with Crippen molar-refractivity contribution in [2.24, 2.45) is 0 Å². The number of hydrogen-bond donors (Lipinski definition) is 2. The highest BCUT2D eigenvalue weighted by Crippen LogP contribution is 2.23. The molecule has 1 aromatic carbocycles. The Kier molecular flexibility index (Phi) is 4.12. The first-order chi connectivity index (χ1) is 8.15. The standard InChI is InChI=1S/C12H14BrFN2O/c13-10-4-3-8(14)6-11(10)16-12(17)7-9-2-1-5-15-9/h3-4,6,9,15H,1-2,5,7H2,(H,16,17). The predicted octanol–water partition coefficient (Wildman–Crippen LogP) is 2.67. The third-order valence-electron chi connectivity index (χ3n) is 2.80. The van der Waals surface area contributed by atoms with E-state index in [4.69, 9.17) is 0 Å². The van der Waals surface area contributed by atoms with Gasteiger partial charge in [-0.3, -0.25) is 4.79 Å². The lowest BCUT2D eigenvalue weighted by Crippen LogP contribution is -2.27. The van der Waals surface area contributed by atoms with Crippen LogP contribution in [0.3, 0.4) is 0 Å². The number of amides is 1. The minimum atomic E-state index is -0.359. The lowest BCUT2D eigenvalue weighted by molar-refractivity contribution is -0.116. The molecule has 1 unspecified atom stereocenters. The highest BCUT2D eigenvalue weighted by molar-refractivity contribution is 9.10. The number of carbonyl (C=O) groups is 1. The summed E-state index contributed by atoms with van der Waals surface area (Å²) in [7, 11) is 0. The molecule has 1 fully saturated rings. The summed E-state index contributed by atoms with van der Waals surface area (Å²) in [6.07, 6.45) is 2.57. The monoisotopic (exact) mass is 300 g/mol. The van der Waals surface area contributed by atoms with Crippen LogP contribution in [0.5, 0.6) is 0 Å². The summed E-state index contributed by atoms with van der Waals surface area (Å²) in [4.78, 5) is 11.7. The summed E-state index contributed by atoms with van der Waals surface area (Å²) < 4.78 is 13.7. The summed E-state index contributed by atoms with van der Waals surface area (Å²) in [6.45, 7) is 0.974. The minimum absolute atomic E-state index is 0.0873. The molecule has 1 atom stereocenters. The molecule has 5 heteroatoms. The molecule has 0 bridgehead atoms. The average Bonchev–Trinajstić information content (AvgIpc) is 2.76. The van der Waals surface area contributed by atoms with Gasteiger partial charge in [-0.2, -0.15) is 0 Å². The zero-order valence-electron chi connectivity index (χ0n) is 9.30. The lowest BCUT2D eigenvalue weighted by atomic mass is 10.1. The van der Waals surface area contributed by atoms with E-state index in [9.17, 15) is 9.18 Å². The van der Waals surface area contributed by atoms with Crippen LogP contribution in [0, 0.1) is 5.82 Å². The van der Waals surface area contributed by atoms with Crippen LogP contribution in [0.25, 0.3) is 0 Å². The SMILES string of the molecule is O=C(CC1CCCN1)Nc1cc(F)ccc1Br. The van der Waals surface area contributed by atoms with Crippen LogP contribution in [0.1, 0.15) is 19.3 Å². The number of carbonyl (C=O) groups excluding carboxylic acids is 1. The number of rotatable bonds is 3. The van der Waals surface area contributed by atoms with Gasteiger partial charge in [-0.25, -0.2) is 4.39 Å². The smallest absolute Gasteiger partial charge is 0.225 e. The van der Waals surface area contributed by atoms with Crippen molar-refractivity contribution < 1.29 is 9.18 Å². The summed E-state index contributed by atoms with van der Waals surface area (Å²) in [5.41, 5.74) is 0.480. The lowest BCUT2D eigenvalue weighted by Gasteiger charge is -2.11. The Morgan fingerprint density at radius 1 is 1.59 bits per heavy atom. The predicted molar refractivity (Wildman–Crippen MR) is 68.4 cm³/mol. The van der Waals surface area contributed by atoms with Gasteiger partial charge < -0.3 is 10.6 Å². The molecule has 17 heavy (non-hydrogen) atoms. The van der Waals surface area contributed by atoms with E-state index in [2.05, 4.69) is 26.6 Å². The van der Waals surface area contributed by atoms with Crippen LogP contribution in [0.4, 0.5) is 10.1 Å². The van der Waals surface area contributed by atoms with Crippen molar-refractivity contribution in [1.82, 2.24) is 5.32 Å². The van der Waals surface area contributed by atoms with Gasteiger partial charge in [0.2, 0.25) is 5.91 Å². The van der Waals surface area contributed by atoms with Gasteiger partial charge in [0.25, 0.3) is 0 Å². The molecule has 0 aliphatic carbocycles. The highest BCUT2D eigenvalue weighted by Gasteiger charge is 2.18. The Hall–Kier alpha value is -0.940. The molecule has 0 radical (unpaired) electrons. The van der Waals surface area contributed by atoms with Crippen LogP contribution in [-0.4, -0.2) is 18.5 Å². The quantitative estimate of drug-likeness (QED) is 0.901. The fraction of sp³-hybridized carbons (Fsp3) is 0.417. The maximum atomic E-state index is 13.0. The zero-order valence-corrected chi connectivity index (χ0v) is 10.9. The minimum Gasteiger partial charge on any atom is -0.325 e. The van der Waals surface area contributed by atoms with Crippen molar-refractivity contribution in [2.45, 2.75) is 25.3 Å². The van der Waals surface area contributed by atoms with Crippen LogP contribution < -0.4 is 10.6 Å². The normalized spacial score (nSPS) is 19.3. The molecule has 1 aromatic rings. The highest BCUT2D eigenvalue weighted by atomic mass is 79.9. The van der Waals surface area contributed by atoms with Crippen molar-refractivity contribution in [1.29, 1.82) is 0 Å². The van der Waals surface area contributed by atoms with Gasteiger partial charge in [-0.1, -0.05) is 0 Å². The molecule has 92 valence electrons. The molecule has 0 spiro atoms. The van der Waals surface area contributed by atoms with Crippen molar-refractivity contribution in [3.63, 3.8) is 0 Å². The first kappa shape index (κ1) is 12.5. The maximum Gasteiger partial charge on any atom is 0.225 e. The fourth-order valence-corrected chi connectivity index (χ4v) is 2.30. The first-order valence-electron chi connectivity index (χ1n) is 5.63. The third-order valence-corrected chi connectivity index (χ3v) is 3.49. The number of halogens is 2. The Morgan fingerprint density at radius 3 is 3.12 bits per heavy atom. The van der Waals surface area contributed by atoms with E-state index in [-0.39, 0.29) is 17.8 Å². The van der Waals surface area contributed by atoms with E-state index in [0.717, 1.165) is 19.4 Å². The van der Waals surface area contributed by atoms with E-state index in [1.807, 2.05) is 0 Å². The Balaban J connectivity index is 1.95. The molecule has 3 nitrogen and oxygen atoms in total. The number of nitrogens with one attached hydrogen (secondary N) is 2. The Bertz CT molecular complexity index is 419. The topological polar surface area (TPSA) is 41.1 Å². The second kappa shape index (κ2) is 5.60. The maximum absolute atomic E-state index is 13.0. The second-order valence-electron chi connectivity index (χ2n) is 4.17. The van der Waals surface area contributed by atoms with Gasteiger partial charge in [-0.05, 0) is 53.5 Å². The zero-order chi connectivity index (χ0) is 12.3. The van der Waals surface area contributed by atoms with Gasteiger partial charge in [0.1, 0.15) is 5.82 Å². The van der Waals surface area contributed by atoms with Crippen molar-refractivity contribution in [3.8, 4) is 0 Å². The molecule has 0 aromatic heterocycles. The van der Waals surface area contributed by atoms with Crippen molar-refractivity contribution in [3.05, 3.63) is 28.5 Å². The van der Waals surface area contributed by atoms with Gasteiger partial charge >= 0.3 is 0 Å². The summed E-state index contributed by atoms with van der Waals surface area (Å²) in [5.74, 6) is -0.446. The van der Waals surface area contributed by atoms with Gasteiger partial charge in [0, 0.05) is 16.9 Å². The molecule has 1 amide bonds. The summed E-state index contributed by atoms with van der Waals surface area (Å²) in [6, 6.07) is 4.49. The van der Waals surface area contributed by atoms with Gasteiger partial charge in [-0.15, -0.1) is 0 Å².